The van der Waals surface area contributed by atoms with Crippen LogP contribution in [0.25, 0.3) is 0 Å². The molecule has 0 saturated heterocycles. The third-order valence-electron chi connectivity index (χ3n) is 3.40. The molecule has 1 saturated carbocycles. The maximum atomic E-state index is 11.8. The van der Waals surface area contributed by atoms with Gasteiger partial charge in [-0.25, -0.2) is 0 Å². The Balaban J connectivity index is 1.80. The zero-order valence-electron chi connectivity index (χ0n) is 11.2. The van der Waals surface area contributed by atoms with Crippen LogP contribution in [-0.4, -0.2) is 23.8 Å². The van der Waals surface area contributed by atoms with Crippen LogP contribution < -0.4 is 15.5 Å². The fourth-order valence-electron chi connectivity index (χ4n) is 2.34. The van der Waals surface area contributed by atoms with Gasteiger partial charge in [0.05, 0.1) is 10.7 Å². The predicted molar refractivity (Wildman–Crippen MR) is 77.4 cm³/mol. The normalized spacial score (nSPS) is 15.7. The maximum Gasteiger partial charge on any atom is 0.258 e. The van der Waals surface area contributed by atoms with Gasteiger partial charge in [-0.15, -0.1) is 0 Å². The Morgan fingerprint density at radius 1 is 1.35 bits per heavy atom. The first-order chi connectivity index (χ1) is 9.69. The number of nitrogens with one attached hydrogen (secondary N) is 2. The summed E-state index contributed by atoms with van der Waals surface area (Å²) in [4.78, 5) is 11.8. The van der Waals surface area contributed by atoms with Crippen LogP contribution in [0.2, 0.25) is 5.02 Å². The molecule has 3 N–H and O–H groups in total. The summed E-state index contributed by atoms with van der Waals surface area (Å²) in [6.07, 6.45) is 5.70. The Bertz CT molecular complexity index is 462. The quantitative estimate of drug-likeness (QED) is 0.731. The van der Waals surface area contributed by atoms with Crippen LogP contribution in [0.5, 0.6) is 5.75 Å². The number of carbonyl (C=O) groups excluding carboxylic acids is 1. The fraction of sp³-hybridized carbons (Fsp3) is 0.500. The van der Waals surface area contributed by atoms with Gasteiger partial charge >= 0.3 is 0 Å². The number of hydrogen-bond donors (Lipinski definition) is 3. The molecule has 0 aromatic heterocycles. The molecule has 0 unspecified atom stereocenters. The monoisotopic (exact) mass is 298 g/mol. The van der Waals surface area contributed by atoms with Crippen LogP contribution in [0, 0.1) is 0 Å². The maximum absolute atomic E-state index is 11.8. The second-order valence-electron chi connectivity index (χ2n) is 4.94. The van der Waals surface area contributed by atoms with Crippen molar-refractivity contribution in [1.29, 1.82) is 0 Å². The van der Waals surface area contributed by atoms with Gasteiger partial charge in [0, 0.05) is 12.1 Å². The summed E-state index contributed by atoms with van der Waals surface area (Å²) in [6, 6.07) is 5.06. The molecule has 0 aliphatic heterocycles. The summed E-state index contributed by atoms with van der Waals surface area (Å²) >= 11 is 5.83. The van der Waals surface area contributed by atoms with Crippen molar-refractivity contribution in [3.05, 3.63) is 23.2 Å². The van der Waals surface area contributed by atoms with E-state index < -0.39 is 0 Å². The third-order valence-corrected chi connectivity index (χ3v) is 3.73. The van der Waals surface area contributed by atoms with Crippen LogP contribution in [0.1, 0.15) is 32.1 Å². The van der Waals surface area contributed by atoms with Gasteiger partial charge < -0.3 is 10.1 Å². The molecule has 1 aliphatic rings. The molecule has 1 fully saturated rings. The Kier molecular flexibility index (Phi) is 5.49. The lowest BCUT2D eigenvalue weighted by atomic mass is 9.95. The minimum atomic E-state index is -0.120. The van der Waals surface area contributed by atoms with Crippen molar-refractivity contribution in [2.24, 2.45) is 0 Å². The molecule has 1 aromatic rings. The van der Waals surface area contributed by atoms with Gasteiger partial charge in [-0.1, -0.05) is 30.9 Å². The predicted octanol–water partition coefficient (Wildman–Crippen LogP) is 2.97. The highest BCUT2D eigenvalue weighted by molar-refractivity contribution is 6.33. The van der Waals surface area contributed by atoms with E-state index in [0.29, 0.717) is 16.5 Å². The SMILES string of the molecule is O=C(COc1ccc(Cl)c(NO)c1)NC1CCCCC1. The summed E-state index contributed by atoms with van der Waals surface area (Å²) in [6.45, 7) is -0.0387. The van der Waals surface area contributed by atoms with E-state index in [1.54, 1.807) is 12.1 Å². The molecular formula is C14H19ClN2O3. The number of hydrogen-bond acceptors (Lipinski definition) is 4. The van der Waals surface area contributed by atoms with E-state index >= 15 is 0 Å². The van der Waals surface area contributed by atoms with Crippen molar-refractivity contribution in [2.45, 2.75) is 38.1 Å². The molecule has 6 heteroatoms. The lowest BCUT2D eigenvalue weighted by Gasteiger charge is -2.22. The minimum Gasteiger partial charge on any atom is -0.484 e. The smallest absolute Gasteiger partial charge is 0.258 e. The highest BCUT2D eigenvalue weighted by Gasteiger charge is 2.15. The largest absolute Gasteiger partial charge is 0.484 e. The zero-order valence-corrected chi connectivity index (χ0v) is 11.9. The Labute approximate surface area is 123 Å². The van der Waals surface area contributed by atoms with Gasteiger partial charge in [0.2, 0.25) is 0 Å². The van der Waals surface area contributed by atoms with Crippen LogP contribution in [0.3, 0.4) is 0 Å². The molecule has 2 rings (SSSR count). The highest BCUT2D eigenvalue weighted by Crippen LogP contribution is 2.26. The lowest BCUT2D eigenvalue weighted by molar-refractivity contribution is -0.124. The molecule has 0 bridgehead atoms. The summed E-state index contributed by atoms with van der Waals surface area (Å²) in [7, 11) is 0. The van der Waals surface area contributed by atoms with Gasteiger partial charge in [0.15, 0.2) is 6.61 Å². The first-order valence-electron chi connectivity index (χ1n) is 6.81. The standard InChI is InChI=1S/C14H19ClN2O3/c15-12-7-6-11(8-13(12)17-19)20-9-14(18)16-10-4-2-1-3-5-10/h6-8,10,17,19H,1-5,9H2,(H,16,18). The third kappa shape index (κ3) is 4.28. The average molecular weight is 299 g/mol. The number of halogens is 1. The van der Waals surface area contributed by atoms with Gasteiger partial charge in [0.1, 0.15) is 5.75 Å². The van der Waals surface area contributed by atoms with E-state index in [-0.39, 0.29) is 18.6 Å². The lowest BCUT2D eigenvalue weighted by Crippen LogP contribution is -2.38. The molecule has 110 valence electrons. The summed E-state index contributed by atoms with van der Waals surface area (Å²) in [5, 5.41) is 12.2. The van der Waals surface area contributed by atoms with Crippen LogP contribution >= 0.6 is 11.6 Å². The fourth-order valence-corrected chi connectivity index (χ4v) is 2.50. The molecule has 1 amide bonds. The number of carbonyl (C=O) groups is 1. The van der Waals surface area contributed by atoms with Gasteiger partial charge in [-0.2, -0.15) is 0 Å². The van der Waals surface area contributed by atoms with E-state index in [1.165, 1.54) is 25.3 Å². The number of anilines is 1. The summed E-state index contributed by atoms with van der Waals surface area (Å²) in [5.74, 6) is 0.357. The Hall–Kier alpha value is -1.46. The van der Waals surface area contributed by atoms with E-state index in [1.807, 2.05) is 5.48 Å². The van der Waals surface area contributed by atoms with Crippen molar-refractivity contribution in [2.75, 3.05) is 12.1 Å². The number of benzene rings is 1. The zero-order chi connectivity index (χ0) is 14.4. The van der Waals surface area contributed by atoms with Crippen LogP contribution in [0.15, 0.2) is 18.2 Å². The molecule has 0 radical (unpaired) electrons. The van der Waals surface area contributed by atoms with Gasteiger partial charge in [-0.05, 0) is 25.0 Å². The molecule has 0 atom stereocenters. The Morgan fingerprint density at radius 2 is 2.10 bits per heavy atom. The molecule has 1 aliphatic carbocycles. The first kappa shape index (κ1) is 14.9. The summed E-state index contributed by atoms with van der Waals surface area (Å²) < 4.78 is 5.39. The van der Waals surface area contributed by atoms with Crippen molar-refractivity contribution >= 4 is 23.2 Å². The first-order valence-corrected chi connectivity index (χ1v) is 7.18. The summed E-state index contributed by atoms with van der Waals surface area (Å²) in [5.41, 5.74) is 2.32. The highest BCUT2D eigenvalue weighted by atomic mass is 35.5. The van der Waals surface area contributed by atoms with Crippen molar-refractivity contribution in [1.82, 2.24) is 5.32 Å². The van der Waals surface area contributed by atoms with E-state index in [9.17, 15) is 4.79 Å². The second kappa shape index (κ2) is 7.36. The van der Waals surface area contributed by atoms with Crippen LogP contribution in [-0.2, 0) is 4.79 Å². The minimum absolute atomic E-state index is 0.0387. The molecule has 1 aromatic carbocycles. The molecule has 5 nitrogen and oxygen atoms in total. The van der Waals surface area contributed by atoms with Crippen molar-refractivity contribution < 1.29 is 14.7 Å². The number of amides is 1. The van der Waals surface area contributed by atoms with Gasteiger partial charge in [-0.3, -0.25) is 15.5 Å². The van der Waals surface area contributed by atoms with Crippen LogP contribution in [0.4, 0.5) is 5.69 Å². The van der Waals surface area contributed by atoms with Gasteiger partial charge in [0.25, 0.3) is 5.91 Å². The Morgan fingerprint density at radius 3 is 2.80 bits per heavy atom. The number of ether oxygens (including phenoxy) is 1. The van der Waals surface area contributed by atoms with Crippen molar-refractivity contribution in [3.63, 3.8) is 0 Å². The molecular weight excluding hydrogens is 280 g/mol. The molecule has 20 heavy (non-hydrogen) atoms. The van der Waals surface area contributed by atoms with Crippen molar-refractivity contribution in [3.8, 4) is 5.75 Å². The average Bonchev–Trinajstić information content (AvgIpc) is 2.47. The topological polar surface area (TPSA) is 70.6 Å². The number of rotatable bonds is 5. The van der Waals surface area contributed by atoms with E-state index in [0.717, 1.165) is 12.8 Å². The molecule has 0 heterocycles. The van der Waals surface area contributed by atoms with E-state index in [4.69, 9.17) is 21.5 Å². The van der Waals surface area contributed by atoms with E-state index in [2.05, 4.69) is 5.32 Å². The molecule has 0 spiro atoms. The second-order valence-corrected chi connectivity index (χ2v) is 5.35.